The lowest BCUT2D eigenvalue weighted by atomic mass is 9.71. The fourth-order valence-corrected chi connectivity index (χ4v) is 6.00. The molecular weight excluding hydrogens is 516 g/mol. The van der Waals surface area contributed by atoms with Crippen LogP contribution in [0.1, 0.15) is 83.8 Å². The van der Waals surface area contributed by atoms with Crippen LogP contribution in [0.15, 0.2) is 10.4 Å². The Labute approximate surface area is 228 Å². The van der Waals surface area contributed by atoms with Crippen LogP contribution in [0.25, 0.3) is 6.08 Å². The lowest BCUT2D eigenvalue weighted by Crippen LogP contribution is -2.46. The third kappa shape index (κ3) is 7.19. The monoisotopic (exact) mass is 556 g/mol. The highest BCUT2D eigenvalue weighted by Gasteiger charge is 2.53. The Morgan fingerprint density at radius 2 is 2.03 bits per heavy atom. The molecule has 0 saturated carbocycles. The molecule has 7 atom stereocenters. The summed E-state index contributed by atoms with van der Waals surface area (Å²) >= 11 is 8.07. The second-order valence-electron chi connectivity index (χ2n) is 11.2. The molecule has 1 aromatic heterocycles. The third-order valence-electron chi connectivity index (χ3n) is 8.01. The van der Waals surface area contributed by atoms with Gasteiger partial charge in [-0.3, -0.25) is 9.59 Å². The fourth-order valence-electron chi connectivity index (χ4n) is 5.13. The van der Waals surface area contributed by atoms with Crippen LogP contribution in [-0.4, -0.2) is 57.0 Å². The lowest BCUT2D eigenvalue weighted by molar-refractivity contribution is -0.154. The molecule has 0 spiro atoms. The molecule has 8 nitrogen and oxygen atoms in total. The Hall–Kier alpha value is -1.36. The van der Waals surface area contributed by atoms with E-state index in [0.29, 0.717) is 30.1 Å². The van der Waals surface area contributed by atoms with Gasteiger partial charge in [-0.15, -0.1) is 11.3 Å². The first-order chi connectivity index (χ1) is 17.3. The van der Waals surface area contributed by atoms with Gasteiger partial charge in [-0.25, -0.2) is 4.98 Å². The summed E-state index contributed by atoms with van der Waals surface area (Å²) in [6.07, 6.45) is 1.37. The number of hydrogen-bond donors (Lipinski definition) is 3. The van der Waals surface area contributed by atoms with Crippen LogP contribution in [0.2, 0.25) is 0 Å². The average molecular weight is 557 g/mol. The van der Waals surface area contributed by atoms with E-state index in [1.165, 1.54) is 11.3 Å². The van der Waals surface area contributed by atoms with E-state index in [0.717, 1.165) is 24.3 Å². The van der Waals surface area contributed by atoms with Gasteiger partial charge in [-0.2, -0.15) is 0 Å². The summed E-state index contributed by atoms with van der Waals surface area (Å²) < 4.78 is 11.8. The summed E-state index contributed by atoms with van der Waals surface area (Å²) in [5.74, 6) is -1.65. The second-order valence-corrected chi connectivity index (χ2v) is 12.6. The number of epoxide rings is 1. The number of fused-ring (bicyclic) bond motifs is 1. The van der Waals surface area contributed by atoms with Crippen molar-refractivity contribution < 1.29 is 29.3 Å². The van der Waals surface area contributed by atoms with E-state index in [4.69, 9.17) is 26.8 Å². The molecular formula is C27H41ClN2O6S. The number of Topliss-reactive ketones (excluding diaryl/α,β-unsaturated/α-hetero) is 1. The Kier molecular flexibility index (Phi) is 9.97. The first-order valence-corrected chi connectivity index (χ1v) is 14.4. The highest BCUT2D eigenvalue weighted by molar-refractivity contribution is 7.09. The van der Waals surface area contributed by atoms with Crippen LogP contribution in [0.3, 0.4) is 0 Å². The zero-order chi connectivity index (χ0) is 27.5. The minimum Gasteiger partial charge on any atom is -0.456 e. The molecule has 0 unspecified atom stereocenters. The molecule has 2 fully saturated rings. The van der Waals surface area contributed by atoms with Gasteiger partial charge in [0.25, 0.3) is 0 Å². The summed E-state index contributed by atoms with van der Waals surface area (Å²) in [6, 6.07) is 0. The Morgan fingerprint density at radius 1 is 1.32 bits per heavy atom. The van der Waals surface area contributed by atoms with Gasteiger partial charge >= 0.3 is 5.97 Å². The highest BCUT2D eigenvalue weighted by atomic mass is 35.5. The summed E-state index contributed by atoms with van der Waals surface area (Å²) in [5.41, 5.74) is 4.67. The predicted molar refractivity (Wildman–Crippen MR) is 144 cm³/mol. The van der Waals surface area contributed by atoms with Crippen molar-refractivity contribution >= 4 is 40.8 Å². The normalized spacial score (nSPS) is 36.1. The lowest BCUT2D eigenvalue weighted by Gasteiger charge is -2.35. The number of nitrogens with zero attached hydrogens (tertiary/aromatic N) is 1. The first-order valence-electron chi connectivity index (χ1n) is 13.1. The quantitative estimate of drug-likeness (QED) is 0.371. The Balaban J connectivity index is 1.87. The van der Waals surface area contributed by atoms with Gasteiger partial charge in [0.2, 0.25) is 0 Å². The van der Waals surface area contributed by atoms with Gasteiger partial charge in [-0.05, 0) is 38.2 Å². The fraction of sp³-hybridized carbons (Fsp3) is 0.741. The van der Waals surface area contributed by atoms with E-state index < -0.39 is 35.6 Å². The molecule has 3 heterocycles. The van der Waals surface area contributed by atoms with Crippen molar-refractivity contribution in [1.82, 2.24) is 4.98 Å². The highest BCUT2D eigenvalue weighted by Crippen LogP contribution is 2.45. The van der Waals surface area contributed by atoms with E-state index in [2.05, 4.69) is 4.98 Å². The molecule has 2 aliphatic heterocycles. The third-order valence-corrected chi connectivity index (χ3v) is 9.25. The average Bonchev–Trinajstić information content (AvgIpc) is 3.24. The Morgan fingerprint density at radius 3 is 2.65 bits per heavy atom. The number of nitrogens with two attached hydrogens (primary N) is 1. The molecule has 0 bridgehead atoms. The van der Waals surface area contributed by atoms with E-state index in [-0.39, 0.29) is 29.8 Å². The largest absolute Gasteiger partial charge is 0.456 e. The molecule has 0 radical (unpaired) electrons. The number of aliphatic hydroxyl groups is 2. The number of esters is 1. The molecule has 3 rings (SSSR count). The number of cyclic esters (lactones) is 1. The molecule has 2 aliphatic rings. The topological polar surface area (TPSA) is 135 Å². The van der Waals surface area contributed by atoms with Crippen molar-refractivity contribution in [1.29, 1.82) is 0 Å². The summed E-state index contributed by atoms with van der Waals surface area (Å²) in [5, 5.41) is 24.9. The maximum atomic E-state index is 13.4. The minimum absolute atomic E-state index is 0.0952. The van der Waals surface area contributed by atoms with Gasteiger partial charge < -0.3 is 25.4 Å². The standard InChI is InChI=1S/C27H41ClN2O6S/c1-6-17-24(33)15(2)8-7-9-27(5)21(36-27)11-19(18(28)10-16-14-37-22(13-29)30-16)35-23(32)12-20(31)26(3,4)25(17)34/h10,14-15,17,19-21,24,31,33H,6-9,11-13,29H2,1-5H3/t15-,17+,19-,20-,21-,24-,27+/m0/s1. The maximum Gasteiger partial charge on any atom is 0.309 e. The van der Waals surface area contributed by atoms with Crippen LogP contribution < -0.4 is 5.73 Å². The summed E-state index contributed by atoms with van der Waals surface area (Å²) in [6.45, 7) is 9.38. The molecule has 0 amide bonds. The van der Waals surface area contributed by atoms with Crippen LogP contribution in [0.5, 0.6) is 0 Å². The van der Waals surface area contributed by atoms with Crippen LogP contribution >= 0.6 is 22.9 Å². The zero-order valence-corrected chi connectivity index (χ0v) is 24.0. The molecule has 2 saturated heterocycles. The molecule has 37 heavy (non-hydrogen) atoms. The predicted octanol–water partition coefficient (Wildman–Crippen LogP) is 4.19. The number of carbonyl (C=O) groups is 2. The molecule has 208 valence electrons. The van der Waals surface area contributed by atoms with Gasteiger partial charge in [-0.1, -0.05) is 45.7 Å². The molecule has 4 N–H and O–H groups in total. The number of aliphatic hydroxyl groups excluding tert-OH is 2. The van der Waals surface area contributed by atoms with Crippen molar-refractivity contribution in [3.8, 4) is 0 Å². The molecule has 1 aromatic rings. The van der Waals surface area contributed by atoms with Gasteiger partial charge in [0.05, 0.1) is 46.5 Å². The number of ketones is 1. The number of carbonyl (C=O) groups excluding carboxylic acids is 2. The van der Waals surface area contributed by atoms with E-state index in [9.17, 15) is 19.8 Å². The van der Waals surface area contributed by atoms with Crippen molar-refractivity contribution in [2.75, 3.05) is 0 Å². The van der Waals surface area contributed by atoms with Crippen molar-refractivity contribution in [2.24, 2.45) is 23.0 Å². The smallest absolute Gasteiger partial charge is 0.309 e. The van der Waals surface area contributed by atoms with E-state index in [1.807, 2.05) is 26.2 Å². The molecule has 0 aliphatic carbocycles. The first kappa shape index (κ1) is 30.2. The van der Waals surface area contributed by atoms with Gasteiger partial charge in [0.15, 0.2) is 0 Å². The van der Waals surface area contributed by atoms with Crippen molar-refractivity contribution in [3.63, 3.8) is 0 Å². The van der Waals surface area contributed by atoms with Crippen LogP contribution in [0.4, 0.5) is 0 Å². The number of hydrogen-bond acceptors (Lipinski definition) is 9. The summed E-state index contributed by atoms with van der Waals surface area (Å²) in [4.78, 5) is 30.8. The Bertz CT molecular complexity index is 997. The second kappa shape index (κ2) is 12.2. The van der Waals surface area contributed by atoms with Crippen molar-refractivity contribution in [3.05, 3.63) is 21.1 Å². The number of halogens is 1. The number of aromatic nitrogens is 1. The number of thiazole rings is 1. The van der Waals surface area contributed by atoms with Crippen LogP contribution in [0, 0.1) is 17.3 Å². The molecule has 0 aromatic carbocycles. The van der Waals surface area contributed by atoms with Gasteiger partial charge in [0, 0.05) is 24.3 Å². The number of ether oxygens (including phenoxy) is 2. The van der Waals surface area contributed by atoms with Crippen LogP contribution in [-0.2, 0) is 25.6 Å². The summed E-state index contributed by atoms with van der Waals surface area (Å²) in [7, 11) is 0. The van der Waals surface area contributed by atoms with Crippen molar-refractivity contribution in [2.45, 2.75) is 110 Å². The molecule has 10 heteroatoms. The zero-order valence-electron chi connectivity index (χ0n) is 22.4. The van der Waals surface area contributed by atoms with E-state index >= 15 is 0 Å². The number of rotatable bonds is 4. The SMILES string of the molecule is CC[C@H]1C(=O)C(C)(C)[C@@H](O)CC(=O)O[C@H](C(Cl)=Cc2csc(CN)n2)C[C@@H]2O[C@]2(C)CCC[C@H](C)[C@@H]1O. The minimum atomic E-state index is -1.28. The van der Waals surface area contributed by atoms with Gasteiger partial charge in [0.1, 0.15) is 16.9 Å². The van der Waals surface area contributed by atoms with E-state index in [1.54, 1.807) is 19.9 Å². The maximum absolute atomic E-state index is 13.4.